The molecule has 0 heterocycles. The second-order valence-corrected chi connectivity index (χ2v) is 5.99. The van der Waals surface area contributed by atoms with Crippen LogP contribution in [0.15, 0.2) is 0 Å². The third-order valence-electron chi connectivity index (χ3n) is 4.22. The highest BCUT2D eigenvalue weighted by atomic mass is 16.5. The monoisotopic (exact) mass is 299 g/mol. The molecule has 1 saturated carbocycles. The van der Waals surface area contributed by atoms with Gasteiger partial charge < -0.3 is 15.2 Å². The molecule has 5 nitrogen and oxygen atoms in total. The van der Waals surface area contributed by atoms with Crippen LogP contribution in [0.25, 0.3) is 0 Å². The fourth-order valence-corrected chi connectivity index (χ4v) is 2.85. The molecule has 5 heteroatoms. The van der Waals surface area contributed by atoms with E-state index in [9.17, 15) is 14.7 Å². The van der Waals surface area contributed by atoms with E-state index < -0.39 is 11.4 Å². The van der Waals surface area contributed by atoms with Crippen molar-refractivity contribution >= 4 is 11.9 Å². The number of unbranched alkanes of at least 4 members (excludes halogenated alkanes) is 1. The predicted molar refractivity (Wildman–Crippen MR) is 81.1 cm³/mol. The van der Waals surface area contributed by atoms with E-state index in [0.717, 1.165) is 38.5 Å². The standard InChI is InChI=1S/C16H29NO4/c1-2-3-11-21-12-10-17-14(18)13-16(15(19)20)8-6-4-5-7-9-16/h2-13H2,1H3,(H,17,18)(H,19,20). The molecule has 0 radical (unpaired) electrons. The Kier molecular flexibility index (Phi) is 8.35. The summed E-state index contributed by atoms with van der Waals surface area (Å²) in [6.45, 7) is 3.76. The van der Waals surface area contributed by atoms with Gasteiger partial charge in [-0.3, -0.25) is 9.59 Å². The summed E-state index contributed by atoms with van der Waals surface area (Å²) in [5.74, 6) is -0.989. The Hall–Kier alpha value is -1.10. The lowest BCUT2D eigenvalue weighted by Gasteiger charge is -2.27. The zero-order valence-corrected chi connectivity index (χ0v) is 13.2. The maximum Gasteiger partial charge on any atom is 0.310 e. The van der Waals surface area contributed by atoms with Crippen molar-refractivity contribution in [3.63, 3.8) is 0 Å². The van der Waals surface area contributed by atoms with E-state index in [1.165, 1.54) is 0 Å². The molecule has 1 aliphatic rings. The minimum absolute atomic E-state index is 0.0945. The van der Waals surface area contributed by atoms with Gasteiger partial charge >= 0.3 is 5.97 Å². The number of hydrogen-bond donors (Lipinski definition) is 2. The molecule has 2 N–H and O–H groups in total. The number of carboxylic acid groups (broad SMARTS) is 1. The number of ether oxygens (including phenoxy) is 1. The number of rotatable bonds is 9. The molecule has 0 unspecified atom stereocenters. The van der Waals surface area contributed by atoms with Gasteiger partial charge in [0.05, 0.1) is 12.0 Å². The van der Waals surface area contributed by atoms with Crippen molar-refractivity contribution in [1.29, 1.82) is 0 Å². The van der Waals surface area contributed by atoms with Crippen molar-refractivity contribution in [2.75, 3.05) is 19.8 Å². The Morgan fingerprint density at radius 1 is 1.14 bits per heavy atom. The summed E-state index contributed by atoms with van der Waals surface area (Å²) in [7, 11) is 0. The van der Waals surface area contributed by atoms with E-state index in [4.69, 9.17) is 4.74 Å². The van der Waals surface area contributed by atoms with Crippen LogP contribution in [0.2, 0.25) is 0 Å². The van der Waals surface area contributed by atoms with Crippen LogP contribution in [0.3, 0.4) is 0 Å². The van der Waals surface area contributed by atoms with Gasteiger partial charge in [0.25, 0.3) is 0 Å². The van der Waals surface area contributed by atoms with Crippen LogP contribution in [-0.4, -0.2) is 36.7 Å². The Labute approximate surface area is 127 Å². The molecule has 0 aliphatic heterocycles. The van der Waals surface area contributed by atoms with Gasteiger partial charge in [0, 0.05) is 19.6 Å². The molecule has 0 spiro atoms. The highest BCUT2D eigenvalue weighted by molar-refractivity contribution is 5.85. The van der Waals surface area contributed by atoms with Crippen molar-refractivity contribution in [2.45, 2.75) is 64.7 Å². The molecule has 0 saturated heterocycles. The molecule has 1 rings (SSSR count). The number of hydrogen-bond acceptors (Lipinski definition) is 3. The van der Waals surface area contributed by atoms with Crippen LogP contribution in [0.5, 0.6) is 0 Å². The minimum Gasteiger partial charge on any atom is -0.481 e. The van der Waals surface area contributed by atoms with Crippen LogP contribution in [0, 0.1) is 5.41 Å². The second kappa shape index (κ2) is 9.77. The lowest BCUT2D eigenvalue weighted by atomic mass is 9.77. The van der Waals surface area contributed by atoms with E-state index in [1.807, 2.05) is 0 Å². The zero-order valence-electron chi connectivity index (χ0n) is 13.2. The molecule has 0 aromatic rings. The summed E-state index contributed by atoms with van der Waals surface area (Å²) in [4.78, 5) is 23.6. The van der Waals surface area contributed by atoms with Gasteiger partial charge in [-0.05, 0) is 19.3 Å². The summed E-state index contributed by atoms with van der Waals surface area (Å²) >= 11 is 0. The van der Waals surface area contributed by atoms with Crippen molar-refractivity contribution in [3.8, 4) is 0 Å². The van der Waals surface area contributed by atoms with Crippen LogP contribution < -0.4 is 5.32 Å². The molecule has 1 amide bonds. The largest absolute Gasteiger partial charge is 0.481 e. The molecule has 0 bridgehead atoms. The number of carbonyl (C=O) groups excluding carboxylic acids is 1. The fourth-order valence-electron chi connectivity index (χ4n) is 2.85. The predicted octanol–water partition coefficient (Wildman–Crippen LogP) is 2.73. The van der Waals surface area contributed by atoms with E-state index in [0.29, 0.717) is 32.6 Å². The first-order valence-corrected chi connectivity index (χ1v) is 8.18. The molecule has 0 aromatic heterocycles. The number of aliphatic carboxylic acids is 1. The maximum absolute atomic E-state index is 12.0. The lowest BCUT2D eigenvalue weighted by Crippen LogP contribution is -2.38. The Bertz CT molecular complexity index is 322. The number of nitrogens with one attached hydrogen (secondary N) is 1. The van der Waals surface area contributed by atoms with E-state index in [-0.39, 0.29) is 12.3 Å². The first kappa shape index (κ1) is 18.0. The fraction of sp³-hybridized carbons (Fsp3) is 0.875. The molecular formula is C16H29NO4. The normalized spacial score (nSPS) is 18.0. The zero-order chi connectivity index (χ0) is 15.6. The molecule has 122 valence electrons. The maximum atomic E-state index is 12.0. The molecular weight excluding hydrogens is 270 g/mol. The van der Waals surface area contributed by atoms with Gasteiger partial charge in [-0.2, -0.15) is 0 Å². The average molecular weight is 299 g/mol. The van der Waals surface area contributed by atoms with Crippen molar-refractivity contribution in [3.05, 3.63) is 0 Å². The highest BCUT2D eigenvalue weighted by Gasteiger charge is 2.40. The van der Waals surface area contributed by atoms with Crippen molar-refractivity contribution in [1.82, 2.24) is 5.32 Å². The molecule has 1 fully saturated rings. The van der Waals surface area contributed by atoms with Crippen molar-refractivity contribution in [2.24, 2.45) is 5.41 Å². The van der Waals surface area contributed by atoms with E-state index in [2.05, 4.69) is 12.2 Å². The Balaban J connectivity index is 2.33. The summed E-state index contributed by atoms with van der Waals surface area (Å²) in [5, 5.41) is 12.3. The van der Waals surface area contributed by atoms with Gasteiger partial charge in [-0.15, -0.1) is 0 Å². The van der Waals surface area contributed by atoms with Crippen molar-refractivity contribution < 1.29 is 19.4 Å². The summed E-state index contributed by atoms with van der Waals surface area (Å²) in [6.07, 6.45) is 7.38. The number of carbonyl (C=O) groups is 2. The smallest absolute Gasteiger partial charge is 0.310 e. The van der Waals surface area contributed by atoms with E-state index in [1.54, 1.807) is 0 Å². The molecule has 1 aliphatic carbocycles. The molecule has 0 aromatic carbocycles. The van der Waals surface area contributed by atoms with Gasteiger partial charge in [0.15, 0.2) is 0 Å². The Morgan fingerprint density at radius 3 is 2.38 bits per heavy atom. The number of carboxylic acids is 1. The van der Waals surface area contributed by atoms with Crippen LogP contribution in [0.1, 0.15) is 64.7 Å². The van der Waals surface area contributed by atoms with Crippen LogP contribution in [-0.2, 0) is 14.3 Å². The van der Waals surface area contributed by atoms with Crippen LogP contribution in [0.4, 0.5) is 0 Å². The summed E-state index contributed by atoms with van der Waals surface area (Å²) in [6, 6.07) is 0. The van der Waals surface area contributed by atoms with Gasteiger partial charge in [-0.1, -0.05) is 39.0 Å². The summed E-state index contributed by atoms with van der Waals surface area (Å²) in [5.41, 5.74) is -0.857. The number of amides is 1. The molecule has 0 atom stereocenters. The van der Waals surface area contributed by atoms with Gasteiger partial charge in [-0.25, -0.2) is 0 Å². The third-order valence-corrected chi connectivity index (χ3v) is 4.22. The first-order valence-electron chi connectivity index (χ1n) is 8.18. The van der Waals surface area contributed by atoms with E-state index >= 15 is 0 Å². The van der Waals surface area contributed by atoms with Crippen LogP contribution >= 0.6 is 0 Å². The summed E-state index contributed by atoms with van der Waals surface area (Å²) < 4.78 is 5.38. The topological polar surface area (TPSA) is 75.6 Å². The minimum atomic E-state index is -0.857. The Morgan fingerprint density at radius 2 is 1.81 bits per heavy atom. The third kappa shape index (κ3) is 6.46. The van der Waals surface area contributed by atoms with Gasteiger partial charge in [0.2, 0.25) is 5.91 Å². The second-order valence-electron chi connectivity index (χ2n) is 5.99. The molecule has 21 heavy (non-hydrogen) atoms. The highest BCUT2D eigenvalue weighted by Crippen LogP contribution is 2.38. The quantitative estimate of drug-likeness (QED) is 0.507. The first-order chi connectivity index (χ1) is 10.1. The lowest BCUT2D eigenvalue weighted by molar-refractivity contribution is -0.152. The SMILES string of the molecule is CCCCOCCNC(=O)CC1(C(=O)O)CCCCCC1. The van der Waals surface area contributed by atoms with Gasteiger partial charge in [0.1, 0.15) is 0 Å². The average Bonchev–Trinajstić information content (AvgIpc) is 2.69.